The molecule has 0 spiro atoms. The highest BCUT2D eigenvalue weighted by Gasteiger charge is 2.59. The van der Waals surface area contributed by atoms with Crippen LogP contribution in [0.25, 0.3) is 0 Å². The van der Waals surface area contributed by atoms with E-state index in [4.69, 9.17) is 66.3 Å². The minimum absolute atomic E-state index is 1.05. The van der Waals surface area contributed by atoms with Crippen molar-refractivity contribution in [2.75, 3.05) is 46.2 Å². The summed E-state index contributed by atoms with van der Waals surface area (Å²) in [4.78, 5) is 0. The Bertz CT molecular complexity index is 1470. The quantitative estimate of drug-likeness (QED) is 0.113. The summed E-state index contributed by atoms with van der Waals surface area (Å²) in [6.07, 6.45) is -70.2. The van der Waals surface area contributed by atoms with E-state index in [0.717, 1.165) is 0 Å². The summed E-state index contributed by atoms with van der Waals surface area (Å²) in [7, 11) is 0. The van der Waals surface area contributed by atoms with Gasteiger partial charge < -0.3 is 174 Å². The zero-order chi connectivity index (χ0) is 56.1. The van der Waals surface area contributed by atoms with Crippen LogP contribution in [0, 0.1) is 0 Å². The second-order valence-electron chi connectivity index (χ2n) is 19.7. The molecule has 0 radical (unpaired) electrons. The van der Waals surface area contributed by atoms with E-state index in [-0.39, 0.29) is 0 Å². The fourth-order valence-electron chi connectivity index (χ4n) is 10.4. The van der Waals surface area contributed by atoms with Gasteiger partial charge in [-0.05, 0) is 0 Å². The van der Waals surface area contributed by atoms with E-state index < -0.39 is 261 Å². The third kappa shape index (κ3) is 12.1. The van der Waals surface area contributed by atoms with Gasteiger partial charge in [0.2, 0.25) is 0 Å². The lowest BCUT2D eigenvalue weighted by atomic mass is 9.95. The molecule has 21 fully saturated rings. The third-order valence-electron chi connectivity index (χ3n) is 14.8. The van der Waals surface area contributed by atoms with Crippen molar-refractivity contribution >= 4 is 0 Å². The molecule has 21 heterocycles. The van der Waals surface area contributed by atoms with Crippen LogP contribution in [0.1, 0.15) is 0 Å². The van der Waals surface area contributed by atoms with E-state index in [1.807, 2.05) is 0 Å². The summed E-state index contributed by atoms with van der Waals surface area (Å²) >= 11 is 0. The first-order chi connectivity index (χ1) is 36.7. The molecular weight excluding hydrogens is 1060 g/mol. The molecule has 15 unspecified atom stereocenters. The maximum Gasteiger partial charge on any atom is 0.187 e. The van der Waals surface area contributed by atoms with Crippen molar-refractivity contribution < 1.29 is 174 Å². The van der Waals surface area contributed by atoms with Gasteiger partial charge in [-0.1, -0.05) is 0 Å². The van der Waals surface area contributed by atoms with Crippen molar-refractivity contribution in [1.82, 2.24) is 0 Å². The molecule has 0 aromatic rings. The predicted octanol–water partition coefficient (Wildman–Crippen LogP) is -15.2. The van der Waals surface area contributed by atoms with Crippen molar-refractivity contribution in [3.05, 3.63) is 0 Å². The van der Waals surface area contributed by atoms with Gasteiger partial charge in [0.15, 0.2) is 44.0 Å². The van der Waals surface area contributed by atoms with E-state index in [9.17, 15) is 107 Å². The van der Waals surface area contributed by atoms with Crippen LogP contribution >= 0.6 is 0 Å². The molecule has 0 aromatic heterocycles. The standard InChI is InChI=1S/C42H70O35/c43-1-8-29-15(50)22(57)36(64-8)72-30-9(2-44)66-38(24(59)17(30)52)74-32-11(4-46)68-40(26(61)19(32)54)76-34-13(6-48)70-42(28(63)21(34)56)77-35-14(7-49)69-41(27(62)20(35)55)75-33-12(5-47)67-39(25(60)18(33)53)73-31-10(3-45)65-37(71-29)23(58)16(31)51/h8-63H,1-7H2/t8?,9?,10?,11?,12?,13?,14?,15-,16-,17-,18-,19-,20-,21-,22?,23?,24?,25?,26?,27?,28?,29-,30-,31-,32-,33-,34-,35?,36-,37-,38-,39-,40-,41-,42-/m1/s1. The van der Waals surface area contributed by atoms with Crippen LogP contribution in [0.3, 0.4) is 0 Å². The topological polar surface area (TPSA) is 554 Å². The van der Waals surface area contributed by atoms with E-state index >= 15 is 0 Å². The van der Waals surface area contributed by atoms with Gasteiger partial charge in [0.1, 0.15) is 171 Å². The smallest absolute Gasteiger partial charge is 0.187 e. The maximum absolute atomic E-state index is 11.3. The molecule has 448 valence electrons. The van der Waals surface area contributed by atoms with Gasteiger partial charge in [0, 0.05) is 0 Å². The molecular formula is C42H70O35. The van der Waals surface area contributed by atoms with Gasteiger partial charge in [0.05, 0.1) is 46.2 Å². The highest BCUT2D eigenvalue weighted by Crippen LogP contribution is 2.39. The molecule has 0 saturated carbocycles. The average Bonchev–Trinajstić information content (AvgIpc) is 3.47. The normalized spacial score (nSPS) is 55.4. The molecule has 21 N–H and O–H groups in total. The van der Waals surface area contributed by atoms with Crippen LogP contribution in [0.15, 0.2) is 0 Å². The molecule has 77 heavy (non-hydrogen) atoms. The molecule has 21 aliphatic heterocycles. The van der Waals surface area contributed by atoms with Crippen molar-refractivity contribution in [2.24, 2.45) is 0 Å². The van der Waals surface area contributed by atoms with E-state index in [2.05, 4.69) is 0 Å². The first-order valence-electron chi connectivity index (χ1n) is 24.6. The highest BCUT2D eigenvalue weighted by molar-refractivity contribution is 5.01. The van der Waals surface area contributed by atoms with Crippen LogP contribution in [-0.4, -0.2) is 368 Å². The number of hydrogen-bond donors (Lipinski definition) is 21. The highest BCUT2D eigenvalue weighted by atomic mass is 16.8. The predicted molar refractivity (Wildman–Crippen MR) is 228 cm³/mol. The van der Waals surface area contributed by atoms with E-state index in [1.54, 1.807) is 0 Å². The second-order valence-corrected chi connectivity index (χ2v) is 19.7. The fraction of sp³-hybridized carbons (Fsp3) is 1.00. The SMILES string of the molecule is OCC1O[C@@H]2O[C@@H]3C(CO)O[C@H](O[C@@H]4C(CO)O[C@H](O[C@@H]5C(CO)O[C@H](O[C@@H]6C(CO)O[C@H](O[C@@H]7C(CO)O[C@H](O[C@@H]8C(CO)O[C@H](OC1[C@H](O)C2O)C(O)[C@H]8O)C(O)[C@H]7O)C(O)[C@H]6O)C(O)[C@H]5O)C(O)[C@H]4O)C(O)[C@H]3O. The molecule has 0 aliphatic carbocycles. The van der Waals surface area contributed by atoms with Crippen molar-refractivity contribution in [3.8, 4) is 0 Å². The molecule has 0 aromatic carbocycles. The Hall–Kier alpha value is -1.40. The zero-order valence-corrected chi connectivity index (χ0v) is 40.3. The van der Waals surface area contributed by atoms with Crippen LogP contribution in [0.2, 0.25) is 0 Å². The Balaban J connectivity index is 1.08. The lowest BCUT2D eigenvalue weighted by molar-refractivity contribution is -0.396. The third-order valence-corrected chi connectivity index (χ3v) is 14.8. The molecule has 21 saturated heterocycles. The van der Waals surface area contributed by atoms with Gasteiger partial charge >= 0.3 is 0 Å². The summed E-state index contributed by atoms with van der Waals surface area (Å²) in [5, 5.41) is 230. The van der Waals surface area contributed by atoms with Gasteiger partial charge in [-0.2, -0.15) is 0 Å². The Morgan fingerprint density at radius 2 is 0.260 bits per heavy atom. The van der Waals surface area contributed by atoms with E-state index in [1.165, 1.54) is 0 Å². The van der Waals surface area contributed by atoms with Crippen molar-refractivity contribution in [1.29, 1.82) is 0 Å². The summed E-state index contributed by atoms with van der Waals surface area (Å²) in [5.74, 6) is 0. The molecule has 21 rings (SSSR count). The van der Waals surface area contributed by atoms with Gasteiger partial charge in [0.25, 0.3) is 0 Å². The molecule has 35 atom stereocenters. The monoisotopic (exact) mass is 1130 g/mol. The summed E-state index contributed by atoms with van der Waals surface area (Å²) in [5.41, 5.74) is 0. The first-order valence-corrected chi connectivity index (χ1v) is 24.6. The minimum Gasteiger partial charge on any atom is -0.394 e. The van der Waals surface area contributed by atoms with Crippen LogP contribution < -0.4 is 0 Å². The average molecular weight is 1130 g/mol. The number of hydrogen-bond acceptors (Lipinski definition) is 35. The van der Waals surface area contributed by atoms with Gasteiger partial charge in [-0.25, -0.2) is 0 Å². The molecule has 14 bridgehead atoms. The zero-order valence-electron chi connectivity index (χ0n) is 40.3. The molecule has 0 amide bonds. The Labute approximate surface area is 434 Å². The summed E-state index contributed by atoms with van der Waals surface area (Å²) in [6.45, 7) is -7.33. The molecule has 35 nitrogen and oxygen atoms in total. The summed E-state index contributed by atoms with van der Waals surface area (Å²) in [6, 6.07) is 0. The fourth-order valence-corrected chi connectivity index (χ4v) is 10.4. The Kier molecular flexibility index (Phi) is 20.8. The van der Waals surface area contributed by atoms with Crippen LogP contribution in [0.4, 0.5) is 0 Å². The van der Waals surface area contributed by atoms with Gasteiger partial charge in [-0.15, -0.1) is 0 Å². The van der Waals surface area contributed by atoms with Gasteiger partial charge in [-0.3, -0.25) is 0 Å². The number of aliphatic hydroxyl groups excluding tert-OH is 21. The van der Waals surface area contributed by atoms with Crippen molar-refractivity contribution in [2.45, 2.75) is 215 Å². The number of aliphatic hydroxyl groups is 21. The Morgan fingerprint density at radius 3 is 0.351 bits per heavy atom. The maximum atomic E-state index is 11.3. The Morgan fingerprint density at radius 1 is 0.156 bits per heavy atom. The lowest BCUT2D eigenvalue weighted by Crippen LogP contribution is -2.68. The molecule has 35 heteroatoms. The lowest BCUT2D eigenvalue weighted by Gasteiger charge is -2.50. The van der Waals surface area contributed by atoms with Crippen LogP contribution in [-0.2, 0) is 66.3 Å². The first kappa shape index (κ1) is 61.7. The van der Waals surface area contributed by atoms with E-state index in [0.29, 0.717) is 0 Å². The molecule has 21 aliphatic rings. The van der Waals surface area contributed by atoms with Crippen molar-refractivity contribution in [3.63, 3.8) is 0 Å². The minimum atomic E-state index is -2.21. The van der Waals surface area contributed by atoms with Crippen LogP contribution in [0.5, 0.6) is 0 Å². The number of rotatable bonds is 7. The second kappa shape index (κ2) is 26.0. The number of ether oxygens (including phenoxy) is 14. The summed E-state index contributed by atoms with van der Waals surface area (Å²) < 4.78 is 79.5. The largest absolute Gasteiger partial charge is 0.394 e.